The Labute approximate surface area is 115 Å². The fraction of sp³-hybridized carbons (Fsp3) is 0.412. The standard InChI is InChI=1S/C17H22O2/c1-17(2,3)11-15(18)13-9-10-16(19-4)14-8-6-5-7-12(13)14/h5-10,15,18H,11H2,1-4H3. The van der Waals surface area contributed by atoms with Crippen molar-refractivity contribution in [1.82, 2.24) is 0 Å². The molecule has 2 aromatic rings. The third-order valence-electron chi connectivity index (χ3n) is 3.30. The molecule has 1 unspecified atom stereocenters. The highest BCUT2D eigenvalue weighted by Crippen LogP contribution is 2.36. The molecule has 2 aromatic carbocycles. The molecule has 0 aliphatic rings. The van der Waals surface area contributed by atoms with Gasteiger partial charge in [0, 0.05) is 5.39 Å². The van der Waals surface area contributed by atoms with Crippen molar-refractivity contribution in [1.29, 1.82) is 0 Å². The quantitative estimate of drug-likeness (QED) is 0.888. The highest BCUT2D eigenvalue weighted by molar-refractivity contribution is 5.91. The van der Waals surface area contributed by atoms with Crippen LogP contribution in [-0.4, -0.2) is 12.2 Å². The van der Waals surface area contributed by atoms with Crippen LogP contribution >= 0.6 is 0 Å². The van der Waals surface area contributed by atoms with Gasteiger partial charge in [0.25, 0.3) is 0 Å². The van der Waals surface area contributed by atoms with Crippen LogP contribution in [0.1, 0.15) is 38.9 Å². The Balaban J connectivity index is 2.50. The third-order valence-corrected chi connectivity index (χ3v) is 3.30. The maximum atomic E-state index is 10.5. The molecule has 0 aromatic heterocycles. The molecule has 1 atom stereocenters. The molecule has 0 amide bonds. The maximum absolute atomic E-state index is 10.5. The van der Waals surface area contributed by atoms with Crippen LogP contribution in [0.15, 0.2) is 36.4 Å². The van der Waals surface area contributed by atoms with E-state index in [1.54, 1.807) is 7.11 Å². The van der Waals surface area contributed by atoms with Crippen LogP contribution in [0, 0.1) is 5.41 Å². The Morgan fingerprint density at radius 2 is 1.68 bits per heavy atom. The molecule has 19 heavy (non-hydrogen) atoms. The van der Waals surface area contributed by atoms with Crippen molar-refractivity contribution in [3.8, 4) is 5.75 Å². The second-order valence-electron chi connectivity index (χ2n) is 6.18. The smallest absolute Gasteiger partial charge is 0.126 e. The molecule has 0 aliphatic carbocycles. The van der Waals surface area contributed by atoms with E-state index in [4.69, 9.17) is 4.74 Å². The fourth-order valence-electron chi connectivity index (χ4n) is 2.45. The number of hydrogen-bond acceptors (Lipinski definition) is 2. The fourth-order valence-corrected chi connectivity index (χ4v) is 2.45. The van der Waals surface area contributed by atoms with E-state index < -0.39 is 6.10 Å². The zero-order valence-electron chi connectivity index (χ0n) is 12.1. The summed E-state index contributed by atoms with van der Waals surface area (Å²) in [4.78, 5) is 0. The minimum Gasteiger partial charge on any atom is -0.496 e. The minimum absolute atomic E-state index is 0.0977. The number of methoxy groups -OCH3 is 1. The van der Waals surface area contributed by atoms with Gasteiger partial charge in [-0.15, -0.1) is 0 Å². The minimum atomic E-state index is -0.448. The molecule has 2 nitrogen and oxygen atoms in total. The van der Waals surface area contributed by atoms with Crippen LogP contribution in [0.5, 0.6) is 5.75 Å². The summed E-state index contributed by atoms with van der Waals surface area (Å²) in [5.41, 5.74) is 1.08. The predicted molar refractivity (Wildman–Crippen MR) is 79.5 cm³/mol. The van der Waals surface area contributed by atoms with E-state index in [1.807, 2.05) is 36.4 Å². The monoisotopic (exact) mass is 258 g/mol. The second kappa shape index (κ2) is 5.22. The van der Waals surface area contributed by atoms with Crippen LogP contribution in [-0.2, 0) is 0 Å². The molecule has 2 rings (SSSR count). The number of aliphatic hydroxyl groups is 1. The number of rotatable bonds is 3. The van der Waals surface area contributed by atoms with Crippen molar-refractivity contribution in [2.45, 2.75) is 33.3 Å². The number of ether oxygens (including phenoxy) is 1. The first kappa shape index (κ1) is 13.9. The Bertz CT molecular complexity index is 567. The van der Waals surface area contributed by atoms with Crippen LogP contribution in [0.3, 0.4) is 0 Å². The molecule has 0 spiro atoms. The Morgan fingerprint density at radius 1 is 1.05 bits per heavy atom. The zero-order valence-corrected chi connectivity index (χ0v) is 12.1. The summed E-state index contributed by atoms with van der Waals surface area (Å²) in [6.07, 6.45) is 0.291. The zero-order chi connectivity index (χ0) is 14.0. The number of hydrogen-bond donors (Lipinski definition) is 1. The third kappa shape index (κ3) is 3.07. The second-order valence-corrected chi connectivity index (χ2v) is 6.18. The highest BCUT2D eigenvalue weighted by atomic mass is 16.5. The van der Waals surface area contributed by atoms with Gasteiger partial charge in [0.15, 0.2) is 0 Å². The predicted octanol–water partition coefficient (Wildman–Crippen LogP) is 4.32. The number of aliphatic hydroxyl groups excluding tert-OH is 1. The van der Waals surface area contributed by atoms with Crippen molar-refractivity contribution >= 4 is 10.8 Å². The van der Waals surface area contributed by atoms with Crippen LogP contribution in [0.4, 0.5) is 0 Å². The lowest BCUT2D eigenvalue weighted by Gasteiger charge is -2.23. The average molecular weight is 258 g/mol. The van der Waals surface area contributed by atoms with Crippen LogP contribution in [0.2, 0.25) is 0 Å². The van der Waals surface area contributed by atoms with Gasteiger partial charge in [-0.1, -0.05) is 51.1 Å². The molecule has 0 aliphatic heterocycles. The molecule has 0 heterocycles. The molecule has 1 N–H and O–H groups in total. The van der Waals surface area contributed by atoms with E-state index in [2.05, 4.69) is 20.8 Å². The van der Waals surface area contributed by atoms with E-state index in [0.717, 1.165) is 28.5 Å². The summed E-state index contributed by atoms with van der Waals surface area (Å²) in [5.74, 6) is 0.849. The van der Waals surface area contributed by atoms with Gasteiger partial charge in [0.05, 0.1) is 13.2 Å². The SMILES string of the molecule is COc1ccc(C(O)CC(C)(C)C)c2ccccc12. The lowest BCUT2D eigenvalue weighted by Crippen LogP contribution is -2.12. The van der Waals surface area contributed by atoms with Crippen molar-refractivity contribution in [3.63, 3.8) is 0 Å². The lowest BCUT2D eigenvalue weighted by atomic mass is 9.85. The molecule has 0 fully saturated rings. The Hall–Kier alpha value is -1.54. The molecule has 0 radical (unpaired) electrons. The molecular formula is C17H22O2. The first-order chi connectivity index (χ1) is 8.92. The van der Waals surface area contributed by atoms with E-state index in [9.17, 15) is 5.11 Å². The van der Waals surface area contributed by atoms with Crippen molar-refractivity contribution in [2.24, 2.45) is 5.41 Å². The topological polar surface area (TPSA) is 29.5 Å². The van der Waals surface area contributed by atoms with Gasteiger partial charge in [-0.05, 0) is 28.9 Å². The highest BCUT2D eigenvalue weighted by Gasteiger charge is 2.20. The van der Waals surface area contributed by atoms with Gasteiger partial charge in [-0.2, -0.15) is 0 Å². The molecule has 0 bridgehead atoms. The van der Waals surface area contributed by atoms with Gasteiger partial charge < -0.3 is 9.84 Å². The summed E-state index contributed by atoms with van der Waals surface area (Å²) in [6, 6.07) is 12.0. The van der Waals surface area contributed by atoms with Gasteiger partial charge in [-0.25, -0.2) is 0 Å². The lowest BCUT2D eigenvalue weighted by molar-refractivity contribution is 0.123. The molecule has 0 saturated heterocycles. The van der Waals surface area contributed by atoms with E-state index in [0.29, 0.717) is 0 Å². The van der Waals surface area contributed by atoms with Gasteiger partial charge in [0.2, 0.25) is 0 Å². The average Bonchev–Trinajstić information content (AvgIpc) is 2.35. The Morgan fingerprint density at radius 3 is 2.26 bits per heavy atom. The van der Waals surface area contributed by atoms with E-state index in [-0.39, 0.29) is 5.41 Å². The van der Waals surface area contributed by atoms with Gasteiger partial charge in [0.1, 0.15) is 5.75 Å². The first-order valence-corrected chi connectivity index (χ1v) is 6.66. The van der Waals surface area contributed by atoms with Crippen molar-refractivity contribution < 1.29 is 9.84 Å². The number of benzene rings is 2. The summed E-state index contributed by atoms with van der Waals surface area (Å²) < 4.78 is 5.38. The number of fused-ring (bicyclic) bond motifs is 1. The van der Waals surface area contributed by atoms with Gasteiger partial charge >= 0.3 is 0 Å². The molecule has 2 heteroatoms. The van der Waals surface area contributed by atoms with E-state index in [1.165, 1.54) is 0 Å². The largest absolute Gasteiger partial charge is 0.496 e. The van der Waals surface area contributed by atoms with Crippen LogP contribution in [0.25, 0.3) is 10.8 Å². The maximum Gasteiger partial charge on any atom is 0.126 e. The molecular weight excluding hydrogens is 236 g/mol. The Kier molecular flexibility index (Phi) is 3.81. The summed E-state index contributed by atoms with van der Waals surface area (Å²) in [5, 5.41) is 12.6. The van der Waals surface area contributed by atoms with Crippen LogP contribution < -0.4 is 4.74 Å². The molecule has 0 saturated carbocycles. The normalized spacial score (nSPS) is 13.5. The summed E-state index contributed by atoms with van der Waals surface area (Å²) >= 11 is 0. The van der Waals surface area contributed by atoms with Gasteiger partial charge in [-0.3, -0.25) is 0 Å². The van der Waals surface area contributed by atoms with E-state index >= 15 is 0 Å². The molecule has 102 valence electrons. The first-order valence-electron chi connectivity index (χ1n) is 6.66. The summed E-state index contributed by atoms with van der Waals surface area (Å²) in [6.45, 7) is 6.42. The summed E-state index contributed by atoms with van der Waals surface area (Å²) in [7, 11) is 1.67. The van der Waals surface area contributed by atoms with Crippen molar-refractivity contribution in [2.75, 3.05) is 7.11 Å². The van der Waals surface area contributed by atoms with Crippen molar-refractivity contribution in [3.05, 3.63) is 42.0 Å².